The Morgan fingerprint density at radius 1 is 1.15 bits per heavy atom. The molecule has 5 rings (SSSR count). The Balaban J connectivity index is 1.42. The number of rotatable bonds is 6. The van der Waals surface area contributed by atoms with E-state index < -0.39 is 0 Å². The van der Waals surface area contributed by atoms with Gasteiger partial charge in [-0.2, -0.15) is 5.10 Å². The fourth-order valence-corrected chi connectivity index (χ4v) is 5.02. The molecule has 1 atom stereocenters. The van der Waals surface area contributed by atoms with Gasteiger partial charge in [-0.25, -0.2) is 9.97 Å². The van der Waals surface area contributed by atoms with Crippen LogP contribution in [0.5, 0.6) is 5.75 Å². The smallest absolute Gasteiger partial charge is 0.227 e. The minimum absolute atomic E-state index is 0.0178. The van der Waals surface area contributed by atoms with Gasteiger partial charge in [-0.1, -0.05) is 12.1 Å². The van der Waals surface area contributed by atoms with Gasteiger partial charge in [0, 0.05) is 38.4 Å². The van der Waals surface area contributed by atoms with E-state index in [1.807, 2.05) is 59.4 Å². The fraction of sp³-hybridized carbons (Fsp3) is 0.440. The van der Waals surface area contributed by atoms with Crippen molar-refractivity contribution in [2.24, 2.45) is 7.05 Å². The van der Waals surface area contributed by atoms with Gasteiger partial charge in [-0.05, 0) is 49.4 Å². The summed E-state index contributed by atoms with van der Waals surface area (Å²) in [6, 6.07) is 9.65. The van der Waals surface area contributed by atoms with Crippen LogP contribution >= 0.6 is 0 Å². The summed E-state index contributed by atoms with van der Waals surface area (Å²) >= 11 is 0. The summed E-state index contributed by atoms with van der Waals surface area (Å²) < 4.78 is 7.21. The minimum Gasteiger partial charge on any atom is -0.497 e. The van der Waals surface area contributed by atoms with Gasteiger partial charge < -0.3 is 14.5 Å². The van der Waals surface area contributed by atoms with Crippen molar-refractivity contribution in [2.75, 3.05) is 31.6 Å². The number of aromatic nitrogens is 4. The molecule has 4 heterocycles. The van der Waals surface area contributed by atoms with Gasteiger partial charge in [0.15, 0.2) is 0 Å². The van der Waals surface area contributed by atoms with E-state index in [0.29, 0.717) is 6.42 Å². The first-order valence-electron chi connectivity index (χ1n) is 11.7. The molecule has 2 fully saturated rings. The fourth-order valence-electron chi connectivity index (χ4n) is 5.02. The number of amides is 1. The van der Waals surface area contributed by atoms with Crippen LogP contribution in [0.4, 0.5) is 5.95 Å². The molecule has 2 aliphatic heterocycles. The third-order valence-corrected chi connectivity index (χ3v) is 6.67. The van der Waals surface area contributed by atoms with E-state index in [1.165, 1.54) is 12.8 Å². The Morgan fingerprint density at radius 3 is 2.82 bits per heavy atom. The topological polar surface area (TPSA) is 76.4 Å². The van der Waals surface area contributed by atoms with E-state index in [1.54, 1.807) is 7.11 Å². The highest BCUT2D eigenvalue weighted by Crippen LogP contribution is 2.37. The lowest BCUT2D eigenvalue weighted by Crippen LogP contribution is -2.33. The molecule has 172 valence electrons. The highest BCUT2D eigenvalue weighted by atomic mass is 16.5. The normalized spacial score (nSPS) is 18.2. The second-order valence-electron chi connectivity index (χ2n) is 8.78. The number of benzene rings is 1. The first-order valence-corrected chi connectivity index (χ1v) is 11.7. The first-order chi connectivity index (χ1) is 16.1. The molecule has 1 amide bonds. The SMILES string of the molecule is COc1cccc(CC(=O)N2CCC[C@@H]2c2c(-c3ccnc(N4CCCC4)n3)cnn2C)c1. The van der Waals surface area contributed by atoms with Crippen molar-refractivity contribution in [3.05, 3.63) is 54.0 Å². The number of aryl methyl sites for hydroxylation is 1. The van der Waals surface area contributed by atoms with Crippen LogP contribution in [0.1, 0.15) is 43.0 Å². The average Bonchev–Trinajstić information content (AvgIpc) is 3.60. The molecule has 0 saturated carbocycles. The molecule has 0 N–H and O–H groups in total. The van der Waals surface area contributed by atoms with Crippen molar-refractivity contribution >= 4 is 11.9 Å². The third-order valence-electron chi connectivity index (χ3n) is 6.67. The van der Waals surface area contributed by atoms with Crippen LogP contribution in [-0.4, -0.2) is 57.3 Å². The number of hydrogen-bond donors (Lipinski definition) is 0. The molecule has 8 heteroatoms. The highest BCUT2D eigenvalue weighted by Gasteiger charge is 2.34. The molecule has 33 heavy (non-hydrogen) atoms. The predicted molar refractivity (Wildman–Crippen MR) is 126 cm³/mol. The maximum atomic E-state index is 13.3. The zero-order valence-corrected chi connectivity index (χ0v) is 19.3. The molecular formula is C25H30N6O2. The Labute approximate surface area is 194 Å². The number of likely N-dealkylation sites (tertiary alicyclic amines) is 1. The first kappa shape index (κ1) is 21.4. The minimum atomic E-state index is -0.0178. The van der Waals surface area contributed by atoms with Crippen molar-refractivity contribution in [3.63, 3.8) is 0 Å². The molecule has 0 spiro atoms. The number of ether oxygens (including phenoxy) is 1. The molecule has 3 aromatic rings. The van der Waals surface area contributed by atoms with Crippen molar-refractivity contribution in [1.82, 2.24) is 24.6 Å². The second kappa shape index (κ2) is 9.21. The summed E-state index contributed by atoms with van der Waals surface area (Å²) in [4.78, 5) is 26.9. The van der Waals surface area contributed by atoms with E-state index in [9.17, 15) is 4.79 Å². The quantitative estimate of drug-likeness (QED) is 0.578. The van der Waals surface area contributed by atoms with E-state index in [2.05, 4.69) is 15.0 Å². The van der Waals surface area contributed by atoms with Gasteiger partial charge in [0.2, 0.25) is 11.9 Å². The maximum Gasteiger partial charge on any atom is 0.227 e. The van der Waals surface area contributed by atoms with Crippen LogP contribution in [0, 0.1) is 0 Å². The van der Waals surface area contributed by atoms with Gasteiger partial charge in [-0.3, -0.25) is 9.48 Å². The molecule has 0 bridgehead atoms. The molecule has 0 radical (unpaired) electrons. The Kier molecular flexibility index (Phi) is 5.98. The van der Waals surface area contributed by atoms with Gasteiger partial charge >= 0.3 is 0 Å². The summed E-state index contributed by atoms with van der Waals surface area (Å²) in [5.74, 6) is 1.67. The third kappa shape index (κ3) is 4.29. The summed E-state index contributed by atoms with van der Waals surface area (Å²) in [6.07, 6.45) is 8.30. The molecule has 1 aromatic carbocycles. The number of nitrogens with zero attached hydrogens (tertiary/aromatic N) is 6. The van der Waals surface area contributed by atoms with Crippen LogP contribution in [0.25, 0.3) is 11.3 Å². The molecule has 2 aromatic heterocycles. The van der Waals surface area contributed by atoms with Crippen LogP contribution in [0.2, 0.25) is 0 Å². The van der Waals surface area contributed by atoms with Gasteiger partial charge in [0.1, 0.15) is 5.75 Å². The summed E-state index contributed by atoms with van der Waals surface area (Å²) in [7, 11) is 3.59. The van der Waals surface area contributed by atoms with Crippen LogP contribution < -0.4 is 9.64 Å². The van der Waals surface area contributed by atoms with Crippen molar-refractivity contribution in [1.29, 1.82) is 0 Å². The lowest BCUT2D eigenvalue weighted by Gasteiger charge is -2.26. The van der Waals surface area contributed by atoms with E-state index >= 15 is 0 Å². The molecule has 2 saturated heterocycles. The number of carbonyl (C=O) groups is 1. The lowest BCUT2D eigenvalue weighted by molar-refractivity contribution is -0.131. The molecule has 2 aliphatic rings. The zero-order chi connectivity index (χ0) is 22.8. The van der Waals surface area contributed by atoms with Crippen LogP contribution in [0.15, 0.2) is 42.7 Å². The molecular weight excluding hydrogens is 416 g/mol. The van der Waals surface area contributed by atoms with Crippen molar-refractivity contribution < 1.29 is 9.53 Å². The Morgan fingerprint density at radius 2 is 2.00 bits per heavy atom. The number of hydrogen-bond acceptors (Lipinski definition) is 6. The monoisotopic (exact) mass is 446 g/mol. The number of carbonyl (C=O) groups excluding carboxylic acids is 1. The van der Waals surface area contributed by atoms with E-state index in [0.717, 1.165) is 66.7 Å². The Hall–Kier alpha value is -3.42. The van der Waals surface area contributed by atoms with Gasteiger partial charge in [0.05, 0.1) is 37.2 Å². The predicted octanol–water partition coefficient (Wildman–Crippen LogP) is 3.39. The van der Waals surface area contributed by atoms with Crippen molar-refractivity contribution in [3.8, 4) is 17.0 Å². The molecule has 8 nitrogen and oxygen atoms in total. The maximum absolute atomic E-state index is 13.3. The Bertz CT molecular complexity index is 1140. The van der Waals surface area contributed by atoms with E-state index in [-0.39, 0.29) is 11.9 Å². The standard InChI is InChI=1S/C25H30N6O2/c1-29-24(20(17-27-29)21-10-11-26-25(28-21)30-12-3-4-13-30)22-9-6-14-31(22)23(32)16-18-7-5-8-19(15-18)33-2/h5,7-8,10-11,15,17,22H,3-4,6,9,12-14,16H2,1-2H3/t22-/m1/s1. The lowest BCUT2D eigenvalue weighted by atomic mass is 10.0. The van der Waals surface area contributed by atoms with Gasteiger partial charge in [-0.15, -0.1) is 0 Å². The highest BCUT2D eigenvalue weighted by molar-refractivity contribution is 5.80. The number of anilines is 1. The largest absolute Gasteiger partial charge is 0.497 e. The summed E-state index contributed by atoms with van der Waals surface area (Å²) in [5, 5.41) is 4.55. The van der Waals surface area contributed by atoms with Crippen LogP contribution in [-0.2, 0) is 18.3 Å². The molecule has 0 unspecified atom stereocenters. The van der Waals surface area contributed by atoms with E-state index in [4.69, 9.17) is 9.72 Å². The number of methoxy groups -OCH3 is 1. The second-order valence-corrected chi connectivity index (χ2v) is 8.78. The average molecular weight is 447 g/mol. The van der Waals surface area contributed by atoms with Crippen molar-refractivity contribution in [2.45, 2.75) is 38.1 Å². The summed E-state index contributed by atoms with van der Waals surface area (Å²) in [6.45, 7) is 2.75. The molecule has 0 aliphatic carbocycles. The van der Waals surface area contributed by atoms with Crippen LogP contribution in [0.3, 0.4) is 0 Å². The summed E-state index contributed by atoms with van der Waals surface area (Å²) in [5.41, 5.74) is 3.84. The van der Waals surface area contributed by atoms with Gasteiger partial charge in [0.25, 0.3) is 0 Å². The zero-order valence-electron chi connectivity index (χ0n) is 19.3.